The van der Waals surface area contributed by atoms with Gasteiger partial charge in [0.2, 0.25) is 0 Å². The Hall–Kier alpha value is -0.910. The van der Waals surface area contributed by atoms with Gasteiger partial charge in [0.1, 0.15) is 6.04 Å². The van der Waals surface area contributed by atoms with E-state index in [-0.39, 0.29) is 0 Å². The Morgan fingerprint density at radius 1 is 1.42 bits per heavy atom. The zero-order valence-corrected chi connectivity index (χ0v) is 12.4. The van der Waals surface area contributed by atoms with Gasteiger partial charge in [0.15, 0.2) is 0 Å². The Bertz CT molecular complexity index is 425. The number of hydrogen-bond acceptors (Lipinski definition) is 4. The van der Waals surface area contributed by atoms with E-state index in [0.717, 1.165) is 49.6 Å². The predicted octanol–water partition coefficient (Wildman–Crippen LogP) is 2.21. The standard InChI is InChI=1S/C14H22N2O2S/c1-3-5-15-6-8-16(9-7-15)12(14(17)18)13-11(2)4-10-19-13/h4,10,12H,3,5-9H2,1-2H3,(H,17,18). The summed E-state index contributed by atoms with van der Waals surface area (Å²) < 4.78 is 0. The van der Waals surface area contributed by atoms with E-state index in [4.69, 9.17) is 0 Å². The van der Waals surface area contributed by atoms with E-state index in [1.54, 1.807) is 11.3 Å². The summed E-state index contributed by atoms with van der Waals surface area (Å²) in [4.78, 5) is 17.1. The van der Waals surface area contributed by atoms with Crippen molar-refractivity contribution in [3.05, 3.63) is 21.9 Å². The van der Waals surface area contributed by atoms with Crippen LogP contribution in [-0.2, 0) is 4.79 Å². The van der Waals surface area contributed by atoms with Crippen molar-refractivity contribution in [2.45, 2.75) is 26.3 Å². The first-order valence-corrected chi connectivity index (χ1v) is 7.74. The quantitative estimate of drug-likeness (QED) is 0.899. The fraction of sp³-hybridized carbons (Fsp3) is 0.643. The third kappa shape index (κ3) is 3.35. The summed E-state index contributed by atoms with van der Waals surface area (Å²) in [5.74, 6) is -0.727. The number of thiophene rings is 1. The van der Waals surface area contributed by atoms with E-state index in [9.17, 15) is 9.90 Å². The maximum Gasteiger partial charge on any atom is 0.326 e. The molecule has 4 nitrogen and oxygen atoms in total. The molecule has 1 unspecified atom stereocenters. The molecule has 19 heavy (non-hydrogen) atoms. The van der Waals surface area contributed by atoms with Gasteiger partial charge in [-0.3, -0.25) is 9.69 Å². The average molecular weight is 282 g/mol. The van der Waals surface area contributed by atoms with Gasteiger partial charge in [-0.2, -0.15) is 0 Å². The van der Waals surface area contributed by atoms with Crippen LogP contribution in [0.1, 0.15) is 29.8 Å². The van der Waals surface area contributed by atoms with Gasteiger partial charge in [0.25, 0.3) is 0 Å². The summed E-state index contributed by atoms with van der Waals surface area (Å²) in [6.45, 7) is 8.92. The molecule has 1 saturated heterocycles. The molecule has 1 aliphatic rings. The SMILES string of the molecule is CCCN1CCN(C(C(=O)O)c2sccc2C)CC1. The van der Waals surface area contributed by atoms with Crippen molar-refractivity contribution in [3.63, 3.8) is 0 Å². The largest absolute Gasteiger partial charge is 0.480 e. The first-order chi connectivity index (χ1) is 9.13. The van der Waals surface area contributed by atoms with Gasteiger partial charge in [-0.05, 0) is 36.9 Å². The number of rotatable bonds is 5. The molecule has 0 amide bonds. The molecule has 0 spiro atoms. The molecule has 5 heteroatoms. The van der Waals surface area contributed by atoms with E-state index in [1.165, 1.54) is 0 Å². The first-order valence-electron chi connectivity index (χ1n) is 6.86. The lowest BCUT2D eigenvalue weighted by atomic mass is 10.1. The molecule has 1 aromatic heterocycles. The van der Waals surface area contributed by atoms with Crippen LogP contribution in [0, 0.1) is 6.92 Å². The maximum absolute atomic E-state index is 11.6. The molecule has 0 saturated carbocycles. The van der Waals surface area contributed by atoms with Crippen molar-refractivity contribution >= 4 is 17.3 Å². The van der Waals surface area contributed by atoms with Crippen molar-refractivity contribution in [1.29, 1.82) is 0 Å². The molecule has 1 atom stereocenters. The summed E-state index contributed by atoms with van der Waals surface area (Å²) in [5.41, 5.74) is 1.09. The van der Waals surface area contributed by atoms with Crippen LogP contribution in [0.5, 0.6) is 0 Å². The topological polar surface area (TPSA) is 43.8 Å². The van der Waals surface area contributed by atoms with Gasteiger partial charge in [0, 0.05) is 31.1 Å². The molecule has 0 radical (unpaired) electrons. The summed E-state index contributed by atoms with van der Waals surface area (Å²) in [5, 5.41) is 11.5. The molecular weight excluding hydrogens is 260 g/mol. The Labute approximate surface area is 118 Å². The second-order valence-electron chi connectivity index (χ2n) is 5.09. The second kappa shape index (κ2) is 6.50. The third-order valence-electron chi connectivity index (χ3n) is 3.70. The van der Waals surface area contributed by atoms with Gasteiger partial charge < -0.3 is 10.0 Å². The monoisotopic (exact) mass is 282 g/mol. The summed E-state index contributed by atoms with van der Waals surface area (Å²) in [6, 6.07) is 1.53. The van der Waals surface area contributed by atoms with Crippen LogP contribution < -0.4 is 0 Å². The lowest BCUT2D eigenvalue weighted by Crippen LogP contribution is -2.49. The Kier molecular flexibility index (Phi) is 4.96. The van der Waals surface area contributed by atoms with E-state index in [0.29, 0.717) is 0 Å². The smallest absolute Gasteiger partial charge is 0.326 e. The van der Waals surface area contributed by atoms with Crippen LogP contribution in [0.2, 0.25) is 0 Å². The number of aryl methyl sites for hydroxylation is 1. The Morgan fingerprint density at radius 2 is 2.11 bits per heavy atom. The Morgan fingerprint density at radius 3 is 2.58 bits per heavy atom. The van der Waals surface area contributed by atoms with Gasteiger partial charge >= 0.3 is 5.97 Å². The van der Waals surface area contributed by atoms with Gasteiger partial charge in [-0.25, -0.2) is 0 Å². The molecule has 0 aromatic carbocycles. The highest BCUT2D eigenvalue weighted by Gasteiger charge is 2.31. The maximum atomic E-state index is 11.6. The highest BCUT2D eigenvalue weighted by molar-refractivity contribution is 7.10. The zero-order valence-electron chi connectivity index (χ0n) is 11.6. The van der Waals surface area contributed by atoms with E-state index in [1.807, 2.05) is 18.4 Å². The number of carboxylic acids is 1. The van der Waals surface area contributed by atoms with Crippen molar-refractivity contribution in [1.82, 2.24) is 9.80 Å². The predicted molar refractivity (Wildman–Crippen MR) is 77.7 cm³/mol. The summed E-state index contributed by atoms with van der Waals surface area (Å²) >= 11 is 1.55. The van der Waals surface area contributed by atoms with E-state index in [2.05, 4.69) is 16.7 Å². The minimum absolute atomic E-state index is 0.469. The summed E-state index contributed by atoms with van der Waals surface area (Å²) in [6.07, 6.45) is 1.16. The van der Waals surface area contributed by atoms with Crippen LogP contribution in [-0.4, -0.2) is 53.6 Å². The molecular formula is C14H22N2O2S. The fourth-order valence-electron chi connectivity index (χ4n) is 2.66. The van der Waals surface area contributed by atoms with Gasteiger partial charge in [-0.15, -0.1) is 11.3 Å². The van der Waals surface area contributed by atoms with Crippen LogP contribution >= 0.6 is 11.3 Å². The van der Waals surface area contributed by atoms with Crippen molar-refractivity contribution in [2.75, 3.05) is 32.7 Å². The Balaban J connectivity index is 2.06. The van der Waals surface area contributed by atoms with E-state index < -0.39 is 12.0 Å². The number of aliphatic carboxylic acids is 1. The van der Waals surface area contributed by atoms with Gasteiger partial charge in [-0.1, -0.05) is 6.92 Å². The molecule has 1 aliphatic heterocycles. The normalized spacial score (nSPS) is 19.5. The highest BCUT2D eigenvalue weighted by Crippen LogP contribution is 2.29. The van der Waals surface area contributed by atoms with E-state index >= 15 is 0 Å². The number of carboxylic acid groups (broad SMARTS) is 1. The van der Waals surface area contributed by atoms with Crippen LogP contribution in [0.4, 0.5) is 0 Å². The fourth-order valence-corrected chi connectivity index (χ4v) is 3.71. The minimum Gasteiger partial charge on any atom is -0.480 e. The number of hydrogen-bond donors (Lipinski definition) is 1. The highest BCUT2D eigenvalue weighted by atomic mass is 32.1. The second-order valence-corrected chi connectivity index (χ2v) is 6.03. The molecule has 1 fully saturated rings. The van der Waals surface area contributed by atoms with Crippen LogP contribution in [0.15, 0.2) is 11.4 Å². The van der Waals surface area contributed by atoms with Crippen LogP contribution in [0.25, 0.3) is 0 Å². The lowest BCUT2D eigenvalue weighted by molar-refractivity contribution is -0.144. The molecule has 0 bridgehead atoms. The summed E-state index contributed by atoms with van der Waals surface area (Å²) in [7, 11) is 0. The zero-order chi connectivity index (χ0) is 13.8. The number of piperazine rings is 1. The molecule has 106 valence electrons. The number of nitrogens with zero attached hydrogens (tertiary/aromatic N) is 2. The first kappa shape index (κ1) is 14.5. The molecule has 1 aromatic rings. The average Bonchev–Trinajstić information content (AvgIpc) is 2.78. The van der Waals surface area contributed by atoms with Gasteiger partial charge in [0.05, 0.1) is 0 Å². The van der Waals surface area contributed by atoms with Crippen molar-refractivity contribution in [2.24, 2.45) is 0 Å². The number of carbonyl (C=O) groups is 1. The molecule has 2 heterocycles. The lowest BCUT2D eigenvalue weighted by Gasteiger charge is -2.37. The third-order valence-corrected chi connectivity index (χ3v) is 4.77. The van der Waals surface area contributed by atoms with Crippen molar-refractivity contribution < 1.29 is 9.90 Å². The molecule has 2 rings (SSSR count). The van der Waals surface area contributed by atoms with Crippen molar-refractivity contribution in [3.8, 4) is 0 Å². The minimum atomic E-state index is -0.727. The van der Waals surface area contributed by atoms with Crippen LogP contribution in [0.3, 0.4) is 0 Å². The molecule has 0 aliphatic carbocycles. The molecule has 1 N–H and O–H groups in total.